The monoisotopic (exact) mass is 356 g/mol. The van der Waals surface area contributed by atoms with E-state index >= 15 is 0 Å². The fourth-order valence-corrected chi connectivity index (χ4v) is 5.14. The maximum absolute atomic E-state index is 13.0. The maximum atomic E-state index is 13.0. The molecule has 0 bridgehead atoms. The van der Waals surface area contributed by atoms with E-state index in [4.69, 9.17) is 0 Å². The summed E-state index contributed by atoms with van der Waals surface area (Å²) in [5, 5.41) is 4.85. The Morgan fingerprint density at radius 3 is 2.68 bits per heavy atom. The van der Waals surface area contributed by atoms with E-state index in [1.807, 2.05) is 6.92 Å². The Morgan fingerprint density at radius 1 is 1.24 bits per heavy atom. The zero-order chi connectivity index (χ0) is 17.6. The number of hydrogen-bond donors (Lipinski definition) is 0. The summed E-state index contributed by atoms with van der Waals surface area (Å²) >= 11 is 1.57. The summed E-state index contributed by atoms with van der Waals surface area (Å²) in [4.78, 5) is 19.9. The van der Waals surface area contributed by atoms with Crippen LogP contribution in [0.5, 0.6) is 0 Å². The van der Waals surface area contributed by atoms with Gasteiger partial charge in [0.2, 0.25) is 0 Å². The average molecular weight is 356 g/mol. The molecule has 4 rings (SSSR count). The lowest BCUT2D eigenvalue weighted by Crippen LogP contribution is -2.42. The van der Waals surface area contributed by atoms with Gasteiger partial charge in [0.05, 0.1) is 6.04 Å². The molecule has 1 aromatic carbocycles. The van der Waals surface area contributed by atoms with Gasteiger partial charge in [-0.05, 0) is 51.3 Å². The van der Waals surface area contributed by atoms with Gasteiger partial charge < -0.3 is 0 Å². The van der Waals surface area contributed by atoms with Gasteiger partial charge in [-0.15, -0.1) is 5.10 Å². The minimum atomic E-state index is -0.175. The van der Waals surface area contributed by atoms with Crippen LogP contribution >= 0.6 is 11.8 Å². The first-order chi connectivity index (χ1) is 12.0. The highest BCUT2D eigenvalue weighted by atomic mass is 32.2. The first-order valence-corrected chi connectivity index (χ1v) is 9.86. The van der Waals surface area contributed by atoms with Gasteiger partial charge in [-0.1, -0.05) is 48.5 Å². The zero-order valence-electron chi connectivity index (χ0n) is 15.0. The fourth-order valence-electron chi connectivity index (χ4n) is 3.84. The summed E-state index contributed by atoms with van der Waals surface area (Å²) < 4.78 is 1.50. The molecule has 2 aliphatic rings. The third-order valence-corrected chi connectivity index (χ3v) is 6.44. The smallest absolute Gasteiger partial charge is 0.264 e. The lowest BCUT2D eigenvalue weighted by Gasteiger charge is -2.38. The molecule has 2 aliphatic heterocycles. The van der Waals surface area contributed by atoms with Crippen LogP contribution in [0.4, 0.5) is 0 Å². The number of likely N-dealkylation sites (tertiary alicyclic amines) is 1. The third-order valence-electron chi connectivity index (χ3n) is 5.25. The lowest BCUT2D eigenvalue weighted by atomic mass is 9.93. The van der Waals surface area contributed by atoms with E-state index in [2.05, 4.69) is 53.1 Å². The Kier molecular flexibility index (Phi) is 4.41. The van der Waals surface area contributed by atoms with E-state index in [0.29, 0.717) is 5.82 Å². The molecule has 0 aliphatic carbocycles. The number of fused-ring (bicyclic) bond motifs is 1. The molecule has 5 nitrogen and oxygen atoms in total. The summed E-state index contributed by atoms with van der Waals surface area (Å²) in [5.41, 5.74) is 2.46. The van der Waals surface area contributed by atoms with Crippen LogP contribution in [0, 0.1) is 19.8 Å². The minimum absolute atomic E-state index is 0.0609. The van der Waals surface area contributed by atoms with E-state index in [-0.39, 0.29) is 17.2 Å². The minimum Gasteiger partial charge on any atom is -0.295 e. The summed E-state index contributed by atoms with van der Waals surface area (Å²) in [5.74, 6) is 1.49. The van der Waals surface area contributed by atoms with Crippen LogP contribution in [0.3, 0.4) is 0 Å². The first-order valence-electron chi connectivity index (χ1n) is 8.98. The summed E-state index contributed by atoms with van der Waals surface area (Å²) in [6.07, 6.45) is 2.38. The largest absolute Gasteiger partial charge is 0.295 e. The molecule has 6 heteroatoms. The van der Waals surface area contributed by atoms with Crippen molar-refractivity contribution in [1.29, 1.82) is 0 Å². The third kappa shape index (κ3) is 3.13. The van der Waals surface area contributed by atoms with Gasteiger partial charge in [-0.3, -0.25) is 9.69 Å². The molecule has 0 radical (unpaired) electrons. The molecule has 2 aromatic rings. The van der Waals surface area contributed by atoms with Crippen molar-refractivity contribution in [2.45, 2.75) is 50.1 Å². The number of rotatable bonds is 3. The Balaban J connectivity index is 1.68. The number of nitrogens with zero attached hydrogens (tertiary/aromatic N) is 4. The van der Waals surface area contributed by atoms with Crippen molar-refractivity contribution in [3.63, 3.8) is 0 Å². The van der Waals surface area contributed by atoms with E-state index < -0.39 is 0 Å². The summed E-state index contributed by atoms with van der Waals surface area (Å²) in [6, 6.07) is 8.65. The SMILES string of the molecule is Cc1cccc(C(C2Sc3nc(C)nn3C2=O)N2CCC(C)CC2)c1. The maximum Gasteiger partial charge on any atom is 0.264 e. The standard InChI is InChI=1S/C19H24N4OS/c1-12-7-9-22(10-8-12)16(15-6-4-5-13(2)11-15)17-18(24)23-19(25-17)20-14(3)21-23/h4-6,11-12,16-17H,7-10H2,1-3H3. The van der Waals surface area contributed by atoms with Crippen molar-refractivity contribution in [2.24, 2.45) is 5.92 Å². The second kappa shape index (κ2) is 6.57. The predicted octanol–water partition coefficient (Wildman–Crippen LogP) is 3.48. The first kappa shape index (κ1) is 16.8. The van der Waals surface area contributed by atoms with Crippen LogP contribution in [0.1, 0.15) is 47.6 Å². The number of thioether (sulfide) groups is 1. The predicted molar refractivity (Wildman–Crippen MR) is 98.9 cm³/mol. The van der Waals surface area contributed by atoms with Crippen LogP contribution < -0.4 is 0 Å². The van der Waals surface area contributed by atoms with Crippen LogP contribution in [-0.2, 0) is 0 Å². The number of carbonyl (C=O) groups is 1. The van der Waals surface area contributed by atoms with E-state index in [0.717, 1.165) is 24.2 Å². The molecule has 1 saturated heterocycles. The molecule has 25 heavy (non-hydrogen) atoms. The number of aryl methyl sites for hydroxylation is 2. The highest BCUT2D eigenvalue weighted by molar-refractivity contribution is 8.00. The number of benzene rings is 1. The molecular weight excluding hydrogens is 332 g/mol. The molecule has 0 N–H and O–H groups in total. The second-order valence-electron chi connectivity index (χ2n) is 7.31. The van der Waals surface area contributed by atoms with Crippen molar-refractivity contribution < 1.29 is 4.79 Å². The molecule has 1 aromatic heterocycles. The molecular formula is C19H24N4OS. The van der Waals surface area contributed by atoms with Gasteiger partial charge in [-0.2, -0.15) is 4.68 Å². The number of piperidine rings is 1. The van der Waals surface area contributed by atoms with Crippen LogP contribution in [-0.4, -0.2) is 43.9 Å². The van der Waals surface area contributed by atoms with Crippen LogP contribution in [0.2, 0.25) is 0 Å². The molecule has 0 spiro atoms. The second-order valence-corrected chi connectivity index (χ2v) is 8.42. The molecule has 3 heterocycles. The number of carbonyl (C=O) groups excluding carboxylic acids is 1. The highest BCUT2D eigenvalue weighted by Gasteiger charge is 2.43. The quantitative estimate of drug-likeness (QED) is 0.843. The van der Waals surface area contributed by atoms with Crippen molar-refractivity contribution in [3.8, 4) is 0 Å². The van der Waals surface area contributed by atoms with Gasteiger partial charge in [0.1, 0.15) is 11.1 Å². The molecule has 132 valence electrons. The van der Waals surface area contributed by atoms with Crippen molar-refractivity contribution in [3.05, 3.63) is 41.2 Å². The van der Waals surface area contributed by atoms with Crippen molar-refractivity contribution >= 4 is 17.7 Å². The van der Waals surface area contributed by atoms with E-state index in [1.54, 1.807) is 11.8 Å². The topological polar surface area (TPSA) is 51.0 Å². The van der Waals surface area contributed by atoms with Gasteiger partial charge in [0.25, 0.3) is 5.91 Å². The summed E-state index contributed by atoms with van der Waals surface area (Å²) in [7, 11) is 0. The van der Waals surface area contributed by atoms with Gasteiger partial charge in [-0.25, -0.2) is 4.98 Å². The highest BCUT2D eigenvalue weighted by Crippen LogP contribution is 2.42. The van der Waals surface area contributed by atoms with Crippen LogP contribution in [0.15, 0.2) is 29.4 Å². The van der Waals surface area contributed by atoms with E-state index in [9.17, 15) is 4.79 Å². The summed E-state index contributed by atoms with van der Waals surface area (Å²) in [6.45, 7) is 8.34. The number of aromatic nitrogens is 3. The zero-order valence-corrected chi connectivity index (χ0v) is 15.8. The molecule has 2 unspecified atom stereocenters. The molecule has 0 amide bonds. The van der Waals surface area contributed by atoms with Crippen molar-refractivity contribution in [1.82, 2.24) is 19.7 Å². The Morgan fingerprint density at radius 2 is 2.00 bits per heavy atom. The Labute approximate surface area is 152 Å². The lowest BCUT2D eigenvalue weighted by molar-refractivity contribution is 0.0799. The van der Waals surface area contributed by atoms with E-state index in [1.165, 1.54) is 28.7 Å². The average Bonchev–Trinajstić information content (AvgIpc) is 3.08. The number of hydrogen-bond acceptors (Lipinski definition) is 5. The van der Waals surface area contributed by atoms with Gasteiger partial charge in [0.15, 0.2) is 5.16 Å². The normalized spacial score (nSPS) is 23.0. The van der Waals surface area contributed by atoms with Gasteiger partial charge >= 0.3 is 0 Å². The Hall–Kier alpha value is -1.66. The fraction of sp³-hybridized carbons (Fsp3) is 0.526. The van der Waals surface area contributed by atoms with Crippen LogP contribution in [0.25, 0.3) is 0 Å². The molecule has 0 saturated carbocycles. The Bertz CT molecular complexity index is 794. The molecule has 1 fully saturated rings. The molecule has 2 atom stereocenters. The van der Waals surface area contributed by atoms with Gasteiger partial charge in [0, 0.05) is 0 Å². The van der Waals surface area contributed by atoms with Crippen molar-refractivity contribution in [2.75, 3.05) is 13.1 Å².